The first kappa shape index (κ1) is 16.9. The minimum absolute atomic E-state index is 0.129. The molecule has 0 spiro atoms. The van der Waals surface area contributed by atoms with Crippen LogP contribution in [0.25, 0.3) is 0 Å². The van der Waals surface area contributed by atoms with Crippen LogP contribution < -0.4 is 0 Å². The molecule has 22 heavy (non-hydrogen) atoms. The van der Waals surface area contributed by atoms with Crippen LogP contribution in [-0.2, 0) is 25.3 Å². The van der Waals surface area contributed by atoms with Crippen molar-refractivity contribution in [1.29, 1.82) is 0 Å². The second kappa shape index (κ2) is 5.98. The summed E-state index contributed by atoms with van der Waals surface area (Å²) in [6, 6.07) is 8.02. The Morgan fingerprint density at radius 3 is 2.00 bits per heavy atom. The molecule has 0 N–H and O–H groups in total. The van der Waals surface area contributed by atoms with Gasteiger partial charge in [0, 0.05) is 10.7 Å². The van der Waals surface area contributed by atoms with Gasteiger partial charge in [0.15, 0.2) is 0 Å². The second-order valence-corrected chi connectivity index (χ2v) is 9.00. The molecular formula is C14H12ClFO4S2. The highest BCUT2D eigenvalue weighted by Crippen LogP contribution is 2.27. The number of hydrogen-bond acceptors (Lipinski definition) is 4. The molecule has 0 atom stereocenters. The summed E-state index contributed by atoms with van der Waals surface area (Å²) in [6.45, 7) is 1.73. The third kappa shape index (κ3) is 3.31. The molecule has 0 saturated carbocycles. The lowest BCUT2D eigenvalue weighted by molar-refractivity contribution is 0.594. The number of halogens is 2. The number of rotatable bonds is 4. The average molecular weight is 363 g/mol. The Kier molecular flexibility index (Phi) is 4.60. The summed E-state index contributed by atoms with van der Waals surface area (Å²) in [5.41, 5.74) is 0.424. The van der Waals surface area contributed by atoms with Gasteiger partial charge in [0.2, 0.25) is 9.84 Å². The highest BCUT2D eigenvalue weighted by molar-refractivity contribution is 8.13. The lowest BCUT2D eigenvalue weighted by Gasteiger charge is -2.09. The molecule has 0 aromatic heterocycles. The fourth-order valence-corrected chi connectivity index (χ4v) is 4.56. The lowest BCUT2D eigenvalue weighted by Crippen LogP contribution is -2.05. The van der Waals surface area contributed by atoms with Crippen LogP contribution in [0.2, 0.25) is 0 Å². The molecule has 0 aliphatic heterocycles. The molecule has 0 saturated heterocycles. The van der Waals surface area contributed by atoms with E-state index in [1.54, 1.807) is 6.92 Å². The molecule has 0 aliphatic carbocycles. The number of sulfone groups is 1. The van der Waals surface area contributed by atoms with E-state index in [2.05, 4.69) is 0 Å². The van der Waals surface area contributed by atoms with Crippen LogP contribution in [-0.4, -0.2) is 16.8 Å². The van der Waals surface area contributed by atoms with Crippen LogP contribution in [0.5, 0.6) is 0 Å². The number of benzene rings is 2. The zero-order valence-corrected chi connectivity index (χ0v) is 13.8. The van der Waals surface area contributed by atoms with E-state index in [0.29, 0.717) is 12.0 Å². The van der Waals surface area contributed by atoms with E-state index >= 15 is 0 Å². The van der Waals surface area contributed by atoms with Gasteiger partial charge >= 0.3 is 0 Å². The van der Waals surface area contributed by atoms with Crippen LogP contribution >= 0.6 is 10.7 Å². The fraction of sp³-hybridized carbons (Fsp3) is 0.143. The number of hydrogen-bond donors (Lipinski definition) is 0. The predicted octanol–water partition coefficient (Wildman–Crippen LogP) is 3.15. The summed E-state index contributed by atoms with van der Waals surface area (Å²) in [6.07, 6.45) is 0.387. The Hall–Kier alpha value is -1.44. The molecule has 2 aromatic rings. The predicted molar refractivity (Wildman–Crippen MR) is 80.7 cm³/mol. The summed E-state index contributed by atoms with van der Waals surface area (Å²) >= 11 is 0. The van der Waals surface area contributed by atoms with Gasteiger partial charge < -0.3 is 0 Å². The quantitative estimate of drug-likeness (QED) is 0.619. The van der Waals surface area contributed by atoms with Crippen molar-refractivity contribution >= 4 is 29.6 Å². The highest BCUT2D eigenvalue weighted by atomic mass is 35.7. The zero-order chi connectivity index (χ0) is 16.5. The van der Waals surface area contributed by atoms with Gasteiger partial charge in [0.25, 0.3) is 9.05 Å². The first-order valence-corrected chi connectivity index (χ1v) is 10.0. The largest absolute Gasteiger partial charge is 0.261 e. The maximum Gasteiger partial charge on any atom is 0.261 e. The zero-order valence-electron chi connectivity index (χ0n) is 11.5. The van der Waals surface area contributed by atoms with Crippen molar-refractivity contribution in [3.05, 3.63) is 53.8 Å². The highest BCUT2D eigenvalue weighted by Gasteiger charge is 2.22. The van der Waals surface area contributed by atoms with Crippen LogP contribution in [0, 0.1) is 5.82 Å². The topological polar surface area (TPSA) is 68.3 Å². The van der Waals surface area contributed by atoms with Crippen molar-refractivity contribution < 1.29 is 21.2 Å². The first-order chi connectivity index (χ1) is 10.2. The van der Waals surface area contributed by atoms with Gasteiger partial charge in [0.05, 0.1) is 14.7 Å². The van der Waals surface area contributed by atoms with Gasteiger partial charge in [-0.25, -0.2) is 21.2 Å². The van der Waals surface area contributed by atoms with Crippen LogP contribution in [0.15, 0.2) is 57.2 Å². The van der Waals surface area contributed by atoms with E-state index in [0.717, 1.165) is 30.3 Å². The minimum atomic E-state index is -4.07. The van der Waals surface area contributed by atoms with E-state index in [9.17, 15) is 21.2 Å². The van der Waals surface area contributed by atoms with Crippen LogP contribution in [0.1, 0.15) is 12.5 Å². The van der Waals surface area contributed by atoms with Crippen molar-refractivity contribution in [2.24, 2.45) is 0 Å². The van der Waals surface area contributed by atoms with Gasteiger partial charge in [-0.3, -0.25) is 0 Å². The van der Waals surface area contributed by atoms with Gasteiger partial charge in [-0.15, -0.1) is 0 Å². The molecule has 0 unspecified atom stereocenters. The summed E-state index contributed by atoms with van der Waals surface area (Å²) in [7, 11) is -2.66. The summed E-state index contributed by atoms with van der Waals surface area (Å²) in [5, 5.41) is 0. The van der Waals surface area contributed by atoms with Gasteiger partial charge in [-0.2, -0.15) is 0 Å². The van der Waals surface area contributed by atoms with Crippen molar-refractivity contribution in [2.75, 3.05) is 0 Å². The average Bonchev–Trinajstić information content (AvgIpc) is 2.46. The molecular weight excluding hydrogens is 351 g/mol. The Balaban J connectivity index is 2.65. The maximum atomic E-state index is 12.9. The second-order valence-electron chi connectivity index (χ2n) is 4.52. The minimum Gasteiger partial charge on any atom is -0.219 e. The fourth-order valence-electron chi connectivity index (χ4n) is 1.97. The third-order valence-corrected chi connectivity index (χ3v) is 6.29. The lowest BCUT2D eigenvalue weighted by atomic mass is 10.2. The molecule has 0 aliphatic rings. The Bertz CT molecular complexity index is 904. The smallest absolute Gasteiger partial charge is 0.219 e. The number of aryl methyl sites for hydroxylation is 1. The third-order valence-electron chi connectivity index (χ3n) is 3.12. The van der Waals surface area contributed by atoms with E-state index in [-0.39, 0.29) is 14.7 Å². The van der Waals surface area contributed by atoms with E-state index in [1.807, 2.05) is 0 Å². The summed E-state index contributed by atoms with van der Waals surface area (Å²) < 4.78 is 61.0. The normalized spacial score (nSPS) is 12.3. The standard InChI is InChI=1S/C14H12ClFO4S2/c1-2-10-3-6-13(9-14(10)22(15,19)20)21(17,18)12-7-4-11(16)5-8-12/h3-9H,2H2,1H3. The molecule has 0 amide bonds. The van der Waals surface area contributed by atoms with E-state index in [4.69, 9.17) is 10.7 Å². The monoisotopic (exact) mass is 362 g/mol. The molecule has 118 valence electrons. The van der Waals surface area contributed by atoms with Crippen molar-refractivity contribution in [3.63, 3.8) is 0 Å². The summed E-state index contributed by atoms with van der Waals surface area (Å²) in [4.78, 5) is -0.577. The van der Waals surface area contributed by atoms with Crippen molar-refractivity contribution in [1.82, 2.24) is 0 Å². The SMILES string of the molecule is CCc1ccc(S(=O)(=O)c2ccc(F)cc2)cc1S(=O)(=O)Cl. The van der Waals surface area contributed by atoms with Crippen molar-refractivity contribution in [2.45, 2.75) is 28.0 Å². The Labute approximate surface area is 132 Å². The first-order valence-electron chi connectivity index (χ1n) is 6.24. The molecule has 8 heteroatoms. The molecule has 0 fully saturated rings. The summed E-state index contributed by atoms with van der Waals surface area (Å²) in [5.74, 6) is -0.565. The Morgan fingerprint density at radius 1 is 0.955 bits per heavy atom. The molecule has 0 bridgehead atoms. The Morgan fingerprint density at radius 2 is 1.50 bits per heavy atom. The molecule has 4 nitrogen and oxygen atoms in total. The molecule has 0 heterocycles. The van der Waals surface area contributed by atoms with Gasteiger partial charge in [-0.05, 0) is 48.4 Å². The van der Waals surface area contributed by atoms with E-state index < -0.39 is 24.7 Å². The molecule has 2 aromatic carbocycles. The van der Waals surface area contributed by atoms with Gasteiger partial charge in [-0.1, -0.05) is 13.0 Å². The van der Waals surface area contributed by atoms with Crippen LogP contribution in [0.3, 0.4) is 0 Å². The van der Waals surface area contributed by atoms with E-state index in [1.165, 1.54) is 12.1 Å². The maximum absolute atomic E-state index is 12.9. The van der Waals surface area contributed by atoms with Gasteiger partial charge in [0.1, 0.15) is 5.82 Å². The van der Waals surface area contributed by atoms with Crippen LogP contribution in [0.4, 0.5) is 4.39 Å². The molecule has 0 radical (unpaired) electrons. The van der Waals surface area contributed by atoms with Crippen molar-refractivity contribution in [3.8, 4) is 0 Å². The molecule has 2 rings (SSSR count).